The number of carboxylic acid groups (broad SMARTS) is 1. The van der Waals surface area contributed by atoms with Gasteiger partial charge >= 0.3 is 5.97 Å². The van der Waals surface area contributed by atoms with E-state index in [0.29, 0.717) is 11.3 Å². The van der Waals surface area contributed by atoms with Crippen LogP contribution in [0.2, 0.25) is 0 Å². The van der Waals surface area contributed by atoms with E-state index in [0.717, 1.165) is 6.42 Å². The molecule has 0 spiro atoms. The van der Waals surface area contributed by atoms with Crippen LogP contribution >= 0.6 is 0 Å². The summed E-state index contributed by atoms with van der Waals surface area (Å²) in [5.74, 6) is -0.741. The Morgan fingerprint density at radius 1 is 1.08 bits per heavy atom. The second-order valence-corrected chi connectivity index (χ2v) is 6.07. The molecule has 0 aliphatic carbocycles. The molecule has 0 fully saturated rings. The zero-order valence-electron chi connectivity index (χ0n) is 14.5. The molecule has 1 amide bonds. The van der Waals surface area contributed by atoms with Crippen LogP contribution < -0.4 is 10.1 Å². The Balaban J connectivity index is 1.91. The van der Waals surface area contributed by atoms with Crippen LogP contribution in [0.25, 0.3) is 0 Å². The van der Waals surface area contributed by atoms with E-state index >= 15 is 0 Å². The lowest BCUT2D eigenvalue weighted by Gasteiger charge is -2.25. The van der Waals surface area contributed by atoms with Crippen LogP contribution in [-0.2, 0) is 21.4 Å². The number of amides is 1. The molecule has 0 aliphatic rings. The molecular weight excluding hydrogens is 318 g/mol. The molecule has 2 aromatic carbocycles. The van der Waals surface area contributed by atoms with Crippen LogP contribution in [-0.4, -0.2) is 30.1 Å². The van der Waals surface area contributed by atoms with E-state index in [1.54, 1.807) is 31.2 Å². The minimum atomic E-state index is -1.19. The van der Waals surface area contributed by atoms with Crippen molar-refractivity contribution in [1.82, 2.24) is 5.32 Å². The van der Waals surface area contributed by atoms with Gasteiger partial charge in [0, 0.05) is 6.54 Å². The van der Waals surface area contributed by atoms with Crippen molar-refractivity contribution < 1.29 is 19.4 Å². The number of carbonyl (C=O) groups is 2. The normalized spacial score (nSPS) is 12.9. The molecular formula is C20H23NO4. The molecule has 25 heavy (non-hydrogen) atoms. The van der Waals surface area contributed by atoms with Crippen molar-refractivity contribution in [3.8, 4) is 5.75 Å². The van der Waals surface area contributed by atoms with Crippen molar-refractivity contribution in [3.63, 3.8) is 0 Å². The monoisotopic (exact) mass is 341 g/mol. The molecule has 1 atom stereocenters. The number of hydrogen-bond donors (Lipinski definition) is 2. The number of benzene rings is 2. The number of nitrogens with one attached hydrogen (secondary N) is 1. The van der Waals surface area contributed by atoms with Gasteiger partial charge in [-0.25, -0.2) is 0 Å². The van der Waals surface area contributed by atoms with Crippen LogP contribution in [0.3, 0.4) is 0 Å². The first-order valence-corrected chi connectivity index (χ1v) is 8.23. The Kier molecular flexibility index (Phi) is 6.17. The molecule has 2 rings (SSSR count). The van der Waals surface area contributed by atoms with Crippen molar-refractivity contribution in [2.24, 2.45) is 0 Å². The quantitative estimate of drug-likeness (QED) is 0.774. The van der Waals surface area contributed by atoms with Gasteiger partial charge in [-0.15, -0.1) is 0 Å². The van der Waals surface area contributed by atoms with Gasteiger partial charge in [-0.2, -0.15) is 0 Å². The van der Waals surface area contributed by atoms with Crippen molar-refractivity contribution in [2.75, 3.05) is 13.2 Å². The highest BCUT2D eigenvalue weighted by Gasteiger charge is 2.35. The average Bonchev–Trinajstić information content (AvgIpc) is 2.65. The fourth-order valence-corrected chi connectivity index (χ4v) is 2.40. The van der Waals surface area contributed by atoms with E-state index in [-0.39, 0.29) is 19.1 Å². The van der Waals surface area contributed by atoms with Gasteiger partial charge in [0.2, 0.25) is 0 Å². The molecule has 5 heteroatoms. The number of ether oxygens (including phenoxy) is 1. The Bertz CT molecular complexity index is 712. The molecule has 0 saturated carbocycles. The van der Waals surface area contributed by atoms with Gasteiger partial charge in [-0.05, 0) is 36.6 Å². The Morgan fingerprint density at radius 3 is 2.28 bits per heavy atom. The first-order chi connectivity index (χ1) is 12.0. The van der Waals surface area contributed by atoms with E-state index in [1.165, 1.54) is 5.56 Å². The lowest BCUT2D eigenvalue weighted by atomic mass is 9.82. The van der Waals surface area contributed by atoms with Gasteiger partial charge in [-0.1, -0.05) is 49.4 Å². The van der Waals surface area contributed by atoms with E-state index < -0.39 is 11.4 Å². The van der Waals surface area contributed by atoms with E-state index in [4.69, 9.17) is 4.74 Å². The molecule has 2 N–H and O–H groups in total. The summed E-state index contributed by atoms with van der Waals surface area (Å²) in [6.45, 7) is 3.49. The van der Waals surface area contributed by atoms with Crippen LogP contribution in [0.1, 0.15) is 25.0 Å². The molecule has 0 aliphatic heterocycles. The topological polar surface area (TPSA) is 75.6 Å². The van der Waals surface area contributed by atoms with E-state index in [1.807, 2.05) is 30.3 Å². The van der Waals surface area contributed by atoms with Gasteiger partial charge in [-0.3, -0.25) is 9.59 Å². The Labute approximate surface area is 147 Å². The third-order valence-corrected chi connectivity index (χ3v) is 4.22. The van der Waals surface area contributed by atoms with Crippen LogP contribution in [0.4, 0.5) is 0 Å². The predicted molar refractivity (Wildman–Crippen MR) is 95.8 cm³/mol. The predicted octanol–water partition coefficient (Wildman–Crippen LogP) is 2.79. The minimum absolute atomic E-state index is 0.0106. The van der Waals surface area contributed by atoms with Gasteiger partial charge in [0.25, 0.3) is 5.91 Å². The maximum absolute atomic E-state index is 12.0. The van der Waals surface area contributed by atoms with Crippen LogP contribution in [0.15, 0.2) is 54.6 Å². The first-order valence-electron chi connectivity index (χ1n) is 8.23. The summed E-state index contributed by atoms with van der Waals surface area (Å²) in [4.78, 5) is 23.7. The fraction of sp³-hybridized carbons (Fsp3) is 0.300. The molecule has 2 aromatic rings. The van der Waals surface area contributed by atoms with Crippen molar-refractivity contribution >= 4 is 11.9 Å². The summed E-state index contributed by atoms with van der Waals surface area (Å²) < 4.78 is 5.44. The number of carbonyl (C=O) groups excluding carboxylic acids is 1. The summed E-state index contributed by atoms with van der Waals surface area (Å²) in [5.41, 5.74) is 0.635. The second-order valence-electron chi connectivity index (χ2n) is 6.07. The zero-order chi connectivity index (χ0) is 18.3. The van der Waals surface area contributed by atoms with Crippen molar-refractivity contribution in [3.05, 3.63) is 65.7 Å². The standard InChI is InChI=1S/C20H23NO4/c1-3-15-9-11-17(12-10-15)25-13-18(22)21-14-20(2,19(23)24)16-7-5-4-6-8-16/h4-12H,3,13-14H2,1-2H3,(H,21,22)(H,23,24). The SMILES string of the molecule is CCc1ccc(OCC(=O)NCC(C)(C(=O)O)c2ccccc2)cc1. The lowest BCUT2D eigenvalue weighted by Crippen LogP contribution is -2.45. The molecule has 0 bridgehead atoms. The van der Waals surface area contributed by atoms with E-state index in [9.17, 15) is 14.7 Å². The number of aliphatic carboxylic acids is 1. The van der Waals surface area contributed by atoms with Crippen LogP contribution in [0, 0.1) is 0 Å². The molecule has 1 unspecified atom stereocenters. The second kappa shape index (κ2) is 8.33. The molecule has 0 radical (unpaired) electrons. The maximum Gasteiger partial charge on any atom is 0.315 e. The number of hydrogen-bond acceptors (Lipinski definition) is 3. The zero-order valence-corrected chi connectivity index (χ0v) is 14.5. The van der Waals surface area contributed by atoms with Crippen molar-refractivity contribution in [2.45, 2.75) is 25.7 Å². The molecule has 5 nitrogen and oxygen atoms in total. The molecule has 0 aromatic heterocycles. The van der Waals surface area contributed by atoms with E-state index in [2.05, 4.69) is 12.2 Å². The summed E-state index contributed by atoms with van der Waals surface area (Å²) in [6.07, 6.45) is 0.939. The van der Waals surface area contributed by atoms with Crippen molar-refractivity contribution in [1.29, 1.82) is 0 Å². The molecule has 0 heterocycles. The summed E-state index contributed by atoms with van der Waals surface area (Å²) >= 11 is 0. The average molecular weight is 341 g/mol. The third-order valence-electron chi connectivity index (χ3n) is 4.22. The largest absolute Gasteiger partial charge is 0.484 e. The lowest BCUT2D eigenvalue weighted by molar-refractivity contribution is -0.143. The third kappa shape index (κ3) is 4.83. The maximum atomic E-state index is 12.0. The van der Waals surface area contributed by atoms with Gasteiger partial charge in [0.15, 0.2) is 6.61 Å². The first kappa shape index (κ1) is 18.5. The Morgan fingerprint density at radius 2 is 1.72 bits per heavy atom. The summed E-state index contributed by atoms with van der Waals surface area (Å²) in [7, 11) is 0. The smallest absolute Gasteiger partial charge is 0.315 e. The Hall–Kier alpha value is -2.82. The number of aryl methyl sites for hydroxylation is 1. The minimum Gasteiger partial charge on any atom is -0.484 e. The summed E-state index contributed by atoms with van der Waals surface area (Å²) in [6, 6.07) is 16.4. The highest BCUT2D eigenvalue weighted by molar-refractivity contribution is 5.83. The number of rotatable bonds is 8. The molecule has 0 saturated heterocycles. The highest BCUT2D eigenvalue weighted by atomic mass is 16.5. The van der Waals surface area contributed by atoms with Crippen LogP contribution in [0.5, 0.6) is 5.75 Å². The van der Waals surface area contributed by atoms with Gasteiger partial charge < -0.3 is 15.2 Å². The number of carboxylic acids is 1. The summed E-state index contributed by atoms with van der Waals surface area (Å²) in [5, 5.41) is 12.2. The highest BCUT2D eigenvalue weighted by Crippen LogP contribution is 2.23. The fourth-order valence-electron chi connectivity index (χ4n) is 2.40. The van der Waals surface area contributed by atoms with Gasteiger partial charge in [0.1, 0.15) is 11.2 Å². The molecule has 132 valence electrons. The van der Waals surface area contributed by atoms with Gasteiger partial charge in [0.05, 0.1) is 0 Å².